The van der Waals surface area contributed by atoms with Crippen LogP contribution in [0.5, 0.6) is 0 Å². The van der Waals surface area contributed by atoms with Crippen molar-refractivity contribution in [2.75, 3.05) is 6.61 Å². The number of carbonyl (C=O) groups is 1. The molecule has 27 heavy (non-hydrogen) atoms. The summed E-state index contributed by atoms with van der Waals surface area (Å²) >= 11 is 0. The standard InChI is InChI=1S/C22H18N2O3/c25-21-10-9-14-11-24(12-20(14)23-21)22(26)27-13-19-17-7-3-1-5-15(17)16-6-2-4-8-18(16)19/h1-10,19H,11-13H2,(H,23,25). The highest BCUT2D eigenvalue weighted by atomic mass is 16.6. The number of amides is 1. The fourth-order valence-corrected chi connectivity index (χ4v) is 4.10. The smallest absolute Gasteiger partial charge is 0.410 e. The second kappa shape index (κ2) is 6.13. The number of aromatic nitrogens is 1. The maximum atomic E-state index is 12.6. The van der Waals surface area contributed by atoms with Gasteiger partial charge in [0.25, 0.3) is 0 Å². The van der Waals surface area contributed by atoms with Gasteiger partial charge in [0, 0.05) is 17.7 Å². The first kappa shape index (κ1) is 15.9. The van der Waals surface area contributed by atoms with Gasteiger partial charge in [0.1, 0.15) is 6.61 Å². The highest BCUT2D eigenvalue weighted by Crippen LogP contribution is 2.44. The van der Waals surface area contributed by atoms with Crippen LogP contribution in [0.2, 0.25) is 0 Å². The Morgan fingerprint density at radius 2 is 1.63 bits per heavy atom. The Bertz CT molecular complexity index is 1060. The Morgan fingerprint density at radius 3 is 2.33 bits per heavy atom. The Hall–Kier alpha value is -3.34. The molecular weight excluding hydrogens is 340 g/mol. The first-order valence-electron chi connectivity index (χ1n) is 9.02. The van der Waals surface area contributed by atoms with Crippen LogP contribution in [0.25, 0.3) is 11.1 Å². The molecule has 5 heteroatoms. The second-order valence-corrected chi connectivity index (χ2v) is 6.99. The predicted molar refractivity (Wildman–Crippen MR) is 101 cm³/mol. The van der Waals surface area contributed by atoms with Gasteiger partial charge in [-0.05, 0) is 33.9 Å². The van der Waals surface area contributed by atoms with Gasteiger partial charge < -0.3 is 9.72 Å². The molecule has 1 N–H and O–H groups in total. The number of pyridine rings is 1. The first-order valence-corrected chi connectivity index (χ1v) is 9.02. The van der Waals surface area contributed by atoms with E-state index in [2.05, 4.69) is 29.2 Å². The van der Waals surface area contributed by atoms with Crippen LogP contribution in [0.1, 0.15) is 28.3 Å². The molecule has 0 bridgehead atoms. The number of hydrogen-bond acceptors (Lipinski definition) is 3. The normalized spacial score (nSPS) is 14.6. The molecule has 5 rings (SSSR count). The minimum absolute atomic E-state index is 0.0473. The first-order chi connectivity index (χ1) is 13.2. The second-order valence-electron chi connectivity index (χ2n) is 6.99. The van der Waals surface area contributed by atoms with Gasteiger partial charge in [-0.2, -0.15) is 0 Å². The van der Waals surface area contributed by atoms with Crippen molar-refractivity contribution in [3.63, 3.8) is 0 Å². The molecule has 2 aromatic carbocycles. The van der Waals surface area contributed by atoms with Crippen molar-refractivity contribution in [1.29, 1.82) is 0 Å². The molecule has 1 aliphatic carbocycles. The Labute approximate surface area is 156 Å². The highest BCUT2D eigenvalue weighted by molar-refractivity contribution is 5.79. The van der Waals surface area contributed by atoms with E-state index < -0.39 is 0 Å². The summed E-state index contributed by atoms with van der Waals surface area (Å²) in [5.74, 6) is 0.0473. The van der Waals surface area contributed by atoms with Crippen molar-refractivity contribution in [2.45, 2.75) is 19.0 Å². The average Bonchev–Trinajstić information content (AvgIpc) is 3.25. The van der Waals surface area contributed by atoms with Gasteiger partial charge in [0.15, 0.2) is 0 Å². The number of aromatic amines is 1. The van der Waals surface area contributed by atoms with Crippen LogP contribution in [0.3, 0.4) is 0 Å². The van der Waals surface area contributed by atoms with Crippen molar-refractivity contribution in [3.05, 3.63) is 93.4 Å². The zero-order chi connectivity index (χ0) is 18.4. The third kappa shape index (κ3) is 2.63. The molecule has 1 amide bonds. The lowest BCUT2D eigenvalue weighted by Crippen LogP contribution is -2.27. The molecule has 0 fully saturated rings. The molecule has 0 saturated heterocycles. The molecule has 0 atom stereocenters. The van der Waals surface area contributed by atoms with Crippen LogP contribution in [0.15, 0.2) is 65.5 Å². The van der Waals surface area contributed by atoms with E-state index in [-0.39, 0.29) is 17.6 Å². The molecule has 134 valence electrons. The van der Waals surface area contributed by atoms with E-state index in [0.717, 1.165) is 11.3 Å². The third-order valence-corrected chi connectivity index (χ3v) is 5.40. The number of fused-ring (bicyclic) bond motifs is 4. The van der Waals surface area contributed by atoms with Crippen molar-refractivity contribution >= 4 is 6.09 Å². The largest absolute Gasteiger partial charge is 0.448 e. The van der Waals surface area contributed by atoms with Crippen molar-refractivity contribution in [3.8, 4) is 11.1 Å². The SMILES string of the molecule is O=C(OCC1c2ccccc2-c2ccccc21)N1Cc2ccc(=O)[nH]c2C1. The highest BCUT2D eigenvalue weighted by Gasteiger charge is 2.31. The van der Waals surface area contributed by atoms with Gasteiger partial charge in [-0.25, -0.2) is 4.79 Å². The lowest BCUT2D eigenvalue weighted by Gasteiger charge is -2.18. The van der Waals surface area contributed by atoms with E-state index in [9.17, 15) is 9.59 Å². The summed E-state index contributed by atoms with van der Waals surface area (Å²) in [4.78, 5) is 28.4. The van der Waals surface area contributed by atoms with E-state index in [0.29, 0.717) is 19.7 Å². The summed E-state index contributed by atoms with van der Waals surface area (Å²) in [5, 5.41) is 0. The number of nitrogens with zero attached hydrogens (tertiary/aromatic N) is 1. The van der Waals surface area contributed by atoms with Crippen LogP contribution in [0.4, 0.5) is 4.79 Å². The third-order valence-electron chi connectivity index (χ3n) is 5.40. The van der Waals surface area contributed by atoms with Crippen molar-refractivity contribution < 1.29 is 9.53 Å². The number of benzene rings is 2. The van der Waals surface area contributed by atoms with Gasteiger partial charge in [-0.15, -0.1) is 0 Å². The van der Waals surface area contributed by atoms with Crippen LogP contribution >= 0.6 is 0 Å². The summed E-state index contributed by atoms with van der Waals surface area (Å²) in [6.45, 7) is 1.14. The molecule has 3 aromatic rings. The van der Waals surface area contributed by atoms with E-state index in [1.807, 2.05) is 24.3 Å². The number of rotatable bonds is 2. The number of carbonyl (C=O) groups excluding carboxylic acids is 1. The minimum Gasteiger partial charge on any atom is -0.448 e. The topological polar surface area (TPSA) is 62.4 Å². The van der Waals surface area contributed by atoms with E-state index in [1.54, 1.807) is 11.0 Å². The predicted octanol–water partition coefficient (Wildman–Crippen LogP) is 3.64. The summed E-state index contributed by atoms with van der Waals surface area (Å²) < 4.78 is 5.68. The monoisotopic (exact) mass is 358 g/mol. The molecule has 2 heterocycles. The van der Waals surface area contributed by atoms with Gasteiger partial charge in [0.05, 0.1) is 13.1 Å². The van der Waals surface area contributed by atoms with Crippen LogP contribution in [-0.2, 0) is 17.8 Å². The van der Waals surface area contributed by atoms with Gasteiger partial charge in [0.2, 0.25) is 5.56 Å². The molecule has 5 nitrogen and oxygen atoms in total. The number of hydrogen-bond donors (Lipinski definition) is 1. The number of nitrogens with one attached hydrogen (secondary N) is 1. The quantitative estimate of drug-likeness (QED) is 0.761. The van der Waals surface area contributed by atoms with Crippen LogP contribution in [-0.4, -0.2) is 22.6 Å². The van der Waals surface area contributed by atoms with Crippen molar-refractivity contribution in [2.24, 2.45) is 0 Å². The lowest BCUT2D eigenvalue weighted by atomic mass is 9.98. The van der Waals surface area contributed by atoms with Crippen molar-refractivity contribution in [1.82, 2.24) is 9.88 Å². The van der Waals surface area contributed by atoms with Crippen LogP contribution in [0, 0.1) is 0 Å². The van der Waals surface area contributed by atoms with Gasteiger partial charge >= 0.3 is 6.09 Å². The molecule has 0 saturated carbocycles. The molecule has 0 radical (unpaired) electrons. The zero-order valence-corrected chi connectivity index (χ0v) is 14.6. The molecule has 0 spiro atoms. The average molecular weight is 358 g/mol. The maximum absolute atomic E-state index is 12.6. The molecule has 2 aliphatic rings. The molecule has 0 unspecified atom stereocenters. The molecule has 1 aliphatic heterocycles. The van der Waals surface area contributed by atoms with E-state index >= 15 is 0 Å². The summed E-state index contributed by atoms with van der Waals surface area (Å²) in [6, 6.07) is 19.8. The van der Waals surface area contributed by atoms with Gasteiger partial charge in [-0.1, -0.05) is 48.5 Å². The van der Waals surface area contributed by atoms with Gasteiger partial charge in [-0.3, -0.25) is 9.69 Å². The fourth-order valence-electron chi connectivity index (χ4n) is 4.10. The zero-order valence-electron chi connectivity index (χ0n) is 14.6. The Kier molecular flexibility index (Phi) is 3.60. The number of H-pyrrole nitrogens is 1. The van der Waals surface area contributed by atoms with E-state index in [1.165, 1.54) is 28.3 Å². The number of ether oxygens (including phenoxy) is 1. The Morgan fingerprint density at radius 1 is 0.963 bits per heavy atom. The molecule has 1 aromatic heterocycles. The summed E-state index contributed by atoms with van der Waals surface area (Å²) in [5.41, 5.74) is 6.41. The Balaban J connectivity index is 1.34. The minimum atomic E-state index is -0.353. The lowest BCUT2D eigenvalue weighted by molar-refractivity contribution is 0.0988. The summed E-state index contributed by atoms with van der Waals surface area (Å²) in [6.07, 6.45) is -0.353. The van der Waals surface area contributed by atoms with E-state index in [4.69, 9.17) is 4.74 Å². The van der Waals surface area contributed by atoms with Crippen LogP contribution < -0.4 is 5.56 Å². The summed E-state index contributed by atoms with van der Waals surface area (Å²) in [7, 11) is 0. The fraction of sp³-hybridized carbons (Fsp3) is 0.182. The molecular formula is C22H18N2O3. The maximum Gasteiger partial charge on any atom is 0.410 e.